The van der Waals surface area contributed by atoms with Gasteiger partial charge in [-0.1, -0.05) is 24.3 Å². The first kappa shape index (κ1) is 16.5. The average molecular weight is 392 g/mol. The molecule has 5 rings (SSSR count). The molecule has 1 amide bonds. The summed E-state index contributed by atoms with van der Waals surface area (Å²) in [6.45, 7) is 0.715. The molecule has 1 aliphatic heterocycles. The normalized spacial score (nSPS) is 16.3. The van der Waals surface area contributed by atoms with Crippen molar-refractivity contribution in [2.75, 3.05) is 6.54 Å². The minimum absolute atomic E-state index is 0.0140. The number of aromatic nitrogens is 2. The van der Waals surface area contributed by atoms with Gasteiger partial charge < -0.3 is 4.90 Å². The molecule has 1 aliphatic rings. The molecule has 4 heterocycles. The summed E-state index contributed by atoms with van der Waals surface area (Å²) in [6, 6.07) is 18.0. The second-order valence-corrected chi connectivity index (χ2v) is 8.43. The molecule has 1 unspecified atom stereocenters. The van der Waals surface area contributed by atoms with Crippen molar-refractivity contribution in [1.82, 2.24) is 14.7 Å². The SMILES string of the molecule is O=C(c1ccn(-c2ccccc2)n1)N1CCc2sccc2C1c1cccs1. The second-order valence-electron chi connectivity index (χ2n) is 6.45. The van der Waals surface area contributed by atoms with E-state index in [1.54, 1.807) is 27.4 Å². The zero-order valence-corrected chi connectivity index (χ0v) is 16.1. The van der Waals surface area contributed by atoms with Crippen molar-refractivity contribution >= 4 is 28.6 Å². The minimum Gasteiger partial charge on any atom is -0.325 e. The summed E-state index contributed by atoms with van der Waals surface area (Å²) in [5.74, 6) is -0.0140. The summed E-state index contributed by atoms with van der Waals surface area (Å²) in [6.07, 6.45) is 2.75. The largest absolute Gasteiger partial charge is 0.325 e. The lowest BCUT2D eigenvalue weighted by atomic mass is 9.98. The maximum Gasteiger partial charge on any atom is 0.275 e. The summed E-state index contributed by atoms with van der Waals surface area (Å²) in [5.41, 5.74) is 2.69. The fourth-order valence-electron chi connectivity index (χ4n) is 3.60. The number of benzene rings is 1. The molecular weight excluding hydrogens is 374 g/mol. The van der Waals surface area contributed by atoms with E-state index in [1.165, 1.54) is 15.3 Å². The number of fused-ring (bicyclic) bond motifs is 1. The molecule has 0 saturated carbocycles. The first-order valence-electron chi connectivity index (χ1n) is 8.83. The van der Waals surface area contributed by atoms with Crippen LogP contribution in [0.4, 0.5) is 0 Å². The Kier molecular flexibility index (Phi) is 4.14. The third-order valence-electron chi connectivity index (χ3n) is 4.87. The molecule has 4 aromatic rings. The number of carbonyl (C=O) groups excluding carboxylic acids is 1. The van der Waals surface area contributed by atoms with E-state index in [-0.39, 0.29) is 11.9 Å². The summed E-state index contributed by atoms with van der Waals surface area (Å²) in [7, 11) is 0. The Morgan fingerprint density at radius 2 is 1.89 bits per heavy atom. The molecule has 1 aromatic carbocycles. The smallest absolute Gasteiger partial charge is 0.275 e. The van der Waals surface area contributed by atoms with Crippen LogP contribution in [-0.2, 0) is 6.42 Å². The molecule has 134 valence electrons. The highest BCUT2D eigenvalue weighted by Crippen LogP contribution is 2.40. The summed E-state index contributed by atoms with van der Waals surface area (Å²) in [5, 5.41) is 8.75. The van der Waals surface area contributed by atoms with Gasteiger partial charge in [-0.2, -0.15) is 5.10 Å². The van der Waals surface area contributed by atoms with Crippen LogP contribution >= 0.6 is 22.7 Å². The molecule has 1 atom stereocenters. The van der Waals surface area contributed by atoms with E-state index >= 15 is 0 Å². The van der Waals surface area contributed by atoms with Gasteiger partial charge in [-0.25, -0.2) is 4.68 Å². The van der Waals surface area contributed by atoms with Gasteiger partial charge in [-0.3, -0.25) is 4.79 Å². The van der Waals surface area contributed by atoms with Crippen LogP contribution < -0.4 is 0 Å². The van der Waals surface area contributed by atoms with Crippen molar-refractivity contribution in [1.29, 1.82) is 0 Å². The van der Waals surface area contributed by atoms with E-state index in [2.05, 4.69) is 28.0 Å². The lowest BCUT2D eigenvalue weighted by Gasteiger charge is -2.35. The highest BCUT2D eigenvalue weighted by Gasteiger charge is 2.34. The zero-order valence-electron chi connectivity index (χ0n) is 14.5. The molecule has 0 aliphatic carbocycles. The van der Waals surface area contributed by atoms with E-state index < -0.39 is 0 Å². The third-order valence-corrected chi connectivity index (χ3v) is 6.79. The quantitative estimate of drug-likeness (QED) is 0.504. The zero-order chi connectivity index (χ0) is 18.2. The number of amides is 1. The highest BCUT2D eigenvalue weighted by molar-refractivity contribution is 7.10. The van der Waals surface area contributed by atoms with Gasteiger partial charge in [0.1, 0.15) is 0 Å². The van der Waals surface area contributed by atoms with Crippen LogP contribution in [0, 0.1) is 0 Å². The minimum atomic E-state index is -0.0191. The van der Waals surface area contributed by atoms with Crippen molar-refractivity contribution in [2.45, 2.75) is 12.5 Å². The molecule has 0 bridgehead atoms. The highest BCUT2D eigenvalue weighted by atomic mass is 32.1. The van der Waals surface area contributed by atoms with Crippen molar-refractivity contribution in [3.05, 3.63) is 92.6 Å². The lowest BCUT2D eigenvalue weighted by Crippen LogP contribution is -2.40. The number of hydrogen-bond donors (Lipinski definition) is 0. The van der Waals surface area contributed by atoms with Crippen LogP contribution in [0.2, 0.25) is 0 Å². The molecule has 3 aromatic heterocycles. The van der Waals surface area contributed by atoms with Gasteiger partial charge in [-0.05, 0) is 53.1 Å². The summed E-state index contributed by atoms with van der Waals surface area (Å²) >= 11 is 3.48. The van der Waals surface area contributed by atoms with Crippen LogP contribution in [0.3, 0.4) is 0 Å². The van der Waals surface area contributed by atoms with E-state index in [0.29, 0.717) is 12.2 Å². The van der Waals surface area contributed by atoms with Crippen LogP contribution in [0.25, 0.3) is 5.69 Å². The standard InChI is InChI=1S/C21H17N3OS2/c25-21(17-8-12-24(22-17)15-5-2-1-3-6-15)23-11-9-18-16(10-14-27-18)20(23)19-7-4-13-26-19/h1-8,10,12-14,20H,9,11H2. The molecule has 0 N–H and O–H groups in total. The van der Waals surface area contributed by atoms with Gasteiger partial charge in [0.2, 0.25) is 0 Å². The van der Waals surface area contributed by atoms with Crippen LogP contribution in [0.15, 0.2) is 71.6 Å². The van der Waals surface area contributed by atoms with Crippen LogP contribution in [0.1, 0.15) is 31.8 Å². The van der Waals surface area contributed by atoms with Crippen molar-refractivity contribution in [2.24, 2.45) is 0 Å². The topological polar surface area (TPSA) is 38.1 Å². The Hall–Kier alpha value is -2.70. The molecule has 0 saturated heterocycles. The maximum absolute atomic E-state index is 13.3. The number of para-hydroxylation sites is 1. The molecule has 0 fully saturated rings. The Balaban J connectivity index is 1.50. The van der Waals surface area contributed by atoms with Crippen molar-refractivity contribution in [3.8, 4) is 5.69 Å². The summed E-state index contributed by atoms with van der Waals surface area (Å²) < 4.78 is 1.76. The second kappa shape index (κ2) is 6.79. The molecule has 4 nitrogen and oxygen atoms in total. The number of thiophene rings is 2. The van der Waals surface area contributed by atoms with E-state index in [0.717, 1.165) is 12.1 Å². The monoisotopic (exact) mass is 391 g/mol. The van der Waals surface area contributed by atoms with Gasteiger partial charge in [0.05, 0.1) is 11.7 Å². The number of hydrogen-bond acceptors (Lipinski definition) is 4. The van der Waals surface area contributed by atoms with E-state index in [1.807, 2.05) is 53.6 Å². The molecule has 0 radical (unpaired) electrons. The Morgan fingerprint density at radius 3 is 2.70 bits per heavy atom. The lowest BCUT2D eigenvalue weighted by molar-refractivity contribution is 0.0692. The fraction of sp³-hybridized carbons (Fsp3) is 0.143. The van der Waals surface area contributed by atoms with Crippen LogP contribution in [0.5, 0.6) is 0 Å². The third kappa shape index (κ3) is 2.91. The van der Waals surface area contributed by atoms with E-state index in [4.69, 9.17) is 0 Å². The number of carbonyl (C=O) groups is 1. The van der Waals surface area contributed by atoms with Crippen LogP contribution in [-0.4, -0.2) is 27.1 Å². The Bertz CT molecular complexity index is 1070. The first-order valence-corrected chi connectivity index (χ1v) is 10.6. The molecule has 0 spiro atoms. The molecule has 6 heteroatoms. The predicted molar refractivity (Wildman–Crippen MR) is 109 cm³/mol. The van der Waals surface area contributed by atoms with E-state index in [9.17, 15) is 4.79 Å². The molecular formula is C21H17N3OS2. The average Bonchev–Trinajstić information content (AvgIpc) is 3.48. The van der Waals surface area contributed by atoms with Gasteiger partial charge in [0, 0.05) is 22.5 Å². The van der Waals surface area contributed by atoms with Gasteiger partial charge >= 0.3 is 0 Å². The predicted octanol–water partition coefficient (Wildman–Crippen LogP) is 4.78. The molecule has 27 heavy (non-hydrogen) atoms. The van der Waals surface area contributed by atoms with Gasteiger partial charge in [-0.15, -0.1) is 22.7 Å². The maximum atomic E-state index is 13.3. The van der Waals surface area contributed by atoms with Gasteiger partial charge in [0.15, 0.2) is 5.69 Å². The van der Waals surface area contributed by atoms with Crippen molar-refractivity contribution < 1.29 is 4.79 Å². The first-order chi connectivity index (χ1) is 13.3. The Morgan fingerprint density at radius 1 is 1.00 bits per heavy atom. The summed E-state index contributed by atoms with van der Waals surface area (Å²) in [4.78, 5) is 17.9. The fourth-order valence-corrected chi connectivity index (χ4v) is 5.36. The van der Waals surface area contributed by atoms with Crippen molar-refractivity contribution in [3.63, 3.8) is 0 Å². The Labute approximate surface area is 165 Å². The number of nitrogens with zero attached hydrogens (tertiary/aromatic N) is 3. The number of rotatable bonds is 3. The van der Waals surface area contributed by atoms with Gasteiger partial charge in [0.25, 0.3) is 5.91 Å².